The smallest absolute Gasteiger partial charge is 0.265 e. The van der Waals surface area contributed by atoms with Gasteiger partial charge in [-0.05, 0) is 31.2 Å². The van der Waals surface area contributed by atoms with Crippen LogP contribution in [0.2, 0.25) is 0 Å². The number of carbonyl (C=O) groups excluding carboxylic acids is 2. The predicted molar refractivity (Wildman–Crippen MR) is 86.8 cm³/mol. The van der Waals surface area contributed by atoms with Crippen molar-refractivity contribution in [3.63, 3.8) is 0 Å². The molecular weight excluding hydrogens is 310 g/mol. The molecule has 24 heavy (non-hydrogen) atoms. The second kappa shape index (κ2) is 6.99. The van der Waals surface area contributed by atoms with Crippen LogP contribution in [0.1, 0.15) is 6.92 Å². The molecule has 0 spiro atoms. The molecule has 2 N–H and O–H groups in total. The maximum atomic E-state index is 12.3. The second-order valence-electron chi connectivity index (χ2n) is 5.30. The Bertz CT molecular complexity index is 736. The third-order valence-electron chi connectivity index (χ3n) is 3.47. The molecule has 0 saturated heterocycles. The van der Waals surface area contributed by atoms with Crippen LogP contribution in [0.15, 0.2) is 48.7 Å². The van der Waals surface area contributed by atoms with Crippen molar-refractivity contribution < 1.29 is 19.1 Å². The summed E-state index contributed by atoms with van der Waals surface area (Å²) in [7, 11) is 0. The van der Waals surface area contributed by atoms with Crippen LogP contribution in [-0.2, 0) is 9.59 Å². The number of aromatic nitrogens is 1. The summed E-state index contributed by atoms with van der Waals surface area (Å²) >= 11 is 0. The number of hydrogen-bond donors (Lipinski definition) is 2. The quantitative estimate of drug-likeness (QED) is 0.885. The molecule has 3 rings (SSSR count). The van der Waals surface area contributed by atoms with Gasteiger partial charge in [-0.2, -0.15) is 0 Å². The number of para-hydroxylation sites is 2. The Balaban J connectivity index is 1.56. The van der Waals surface area contributed by atoms with Gasteiger partial charge in [0.05, 0.1) is 0 Å². The van der Waals surface area contributed by atoms with Crippen molar-refractivity contribution in [2.24, 2.45) is 0 Å². The molecule has 7 heteroatoms. The highest BCUT2D eigenvalue weighted by Gasteiger charge is 2.29. The van der Waals surface area contributed by atoms with E-state index in [1.54, 1.807) is 49.5 Å². The minimum atomic E-state index is -0.801. The molecule has 1 unspecified atom stereocenters. The van der Waals surface area contributed by atoms with Gasteiger partial charge in [-0.1, -0.05) is 18.2 Å². The maximum absolute atomic E-state index is 12.3. The zero-order valence-electron chi connectivity index (χ0n) is 13.1. The Labute approximate surface area is 139 Å². The zero-order chi connectivity index (χ0) is 16.9. The first-order valence-corrected chi connectivity index (χ1v) is 7.54. The van der Waals surface area contributed by atoms with Crippen molar-refractivity contribution >= 4 is 17.6 Å². The lowest BCUT2D eigenvalue weighted by Gasteiger charge is -2.26. The van der Waals surface area contributed by atoms with Gasteiger partial charge >= 0.3 is 0 Å². The van der Waals surface area contributed by atoms with Gasteiger partial charge < -0.3 is 20.1 Å². The molecule has 2 heterocycles. The standard InChI is InChI=1S/C17H17N3O4/c1-11(16(21)20-15-8-4-5-9-18-15)19-17(22)14-10-23-12-6-2-3-7-13(12)24-14/h2-9,11,14H,10H2,1H3,(H,19,22)(H,18,20,21)/t11-,14?/m1/s1. The Morgan fingerprint density at radius 1 is 1.17 bits per heavy atom. The SMILES string of the molecule is C[C@@H](NC(=O)C1COc2ccccc2O1)C(=O)Nc1ccccn1. The molecule has 7 nitrogen and oxygen atoms in total. The van der Waals surface area contributed by atoms with Crippen molar-refractivity contribution in [2.75, 3.05) is 11.9 Å². The van der Waals surface area contributed by atoms with Gasteiger partial charge in [0.2, 0.25) is 12.0 Å². The number of nitrogens with one attached hydrogen (secondary N) is 2. The van der Waals surface area contributed by atoms with Crippen molar-refractivity contribution in [3.8, 4) is 11.5 Å². The fraction of sp³-hybridized carbons (Fsp3) is 0.235. The number of benzene rings is 1. The van der Waals surface area contributed by atoms with E-state index < -0.39 is 18.1 Å². The van der Waals surface area contributed by atoms with E-state index in [9.17, 15) is 9.59 Å². The minimum Gasteiger partial charge on any atom is -0.485 e. The summed E-state index contributed by atoms with van der Waals surface area (Å²) in [5.74, 6) is 0.763. The number of rotatable bonds is 4. The van der Waals surface area contributed by atoms with Gasteiger partial charge in [0.25, 0.3) is 5.91 Å². The highest BCUT2D eigenvalue weighted by atomic mass is 16.6. The van der Waals surface area contributed by atoms with Gasteiger partial charge in [0, 0.05) is 6.20 Å². The highest BCUT2D eigenvalue weighted by Crippen LogP contribution is 2.30. The first-order valence-electron chi connectivity index (χ1n) is 7.54. The Hall–Kier alpha value is -3.09. The third kappa shape index (κ3) is 3.62. The molecule has 1 aromatic carbocycles. The molecule has 0 bridgehead atoms. The lowest BCUT2D eigenvalue weighted by Crippen LogP contribution is -2.50. The average Bonchev–Trinajstić information content (AvgIpc) is 2.62. The van der Waals surface area contributed by atoms with E-state index in [-0.39, 0.29) is 12.5 Å². The van der Waals surface area contributed by atoms with Gasteiger partial charge in [-0.15, -0.1) is 0 Å². The fourth-order valence-electron chi connectivity index (χ4n) is 2.19. The summed E-state index contributed by atoms with van der Waals surface area (Å²) in [5, 5.41) is 5.25. The van der Waals surface area contributed by atoms with Crippen LogP contribution in [0.25, 0.3) is 0 Å². The maximum Gasteiger partial charge on any atom is 0.265 e. The van der Waals surface area contributed by atoms with Gasteiger partial charge in [-0.3, -0.25) is 9.59 Å². The van der Waals surface area contributed by atoms with E-state index in [1.807, 2.05) is 6.07 Å². The van der Waals surface area contributed by atoms with Crippen molar-refractivity contribution in [1.82, 2.24) is 10.3 Å². The third-order valence-corrected chi connectivity index (χ3v) is 3.47. The first-order chi connectivity index (χ1) is 11.6. The molecular formula is C17H17N3O4. The van der Waals surface area contributed by atoms with E-state index >= 15 is 0 Å². The first kappa shape index (κ1) is 15.8. The molecule has 0 saturated carbocycles. The van der Waals surface area contributed by atoms with E-state index in [0.29, 0.717) is 17.3 Å². The number of pyridine rings is 1. The number of anilines is 1. The van der Waals surface area contributed by atoms with Crippen LogP contribution in [0.3, 0.4) is 0 Å². The predicted octanol–water partition coefficient (Wildman–Crippen LogP) is 1.36. The Morgan fingerprint density at radius 2 is 1.92 bits per heavy atom. The number of nitrogens with zero attached hydrogens (tertiary/aromatic N) is 1. The largest absolute Gasteiger partial charge is 0.485 e. The number of carbonyl (C=O) groups is 2. The fourth-order valence-corrected chi connectivity index (χ4v) is 2.19. The molecule has 1 aliphatic rings. The van der Waals surface area contributed by atoms with Gasteiger partial charge in [0.1, 0.15) is 18.5 Å². The lowest BCUT2D eigenvalue weighted by atomic mass is 10.2. The van der Waals surface area contributed by atoms with Gasteiger partial charge in [0.15, 0.2) is 11.5 Å². The summed E-state index contributed by atoms with van der Waals surface area (Å²) in [6.07, 6.45) is 0.772. The summed E-state index contributed by atoms with van der Waals surface area (Å²) in [4.78, 5) is 28.4. The zero-order valence-corrected chi connectivity index (χ0v) is 13.1. The van der Waals surface area contributed by atoms with Crippen LogP contribution in [0.5, 0.6) is 11.5 Å². The molecule has 0 radical (unpaired) electrons. The van der Waals surface area contributed by atoms with Crippen molar-refractivity contribution in [2.45, 2.75) is 19.1 Å². The molecule has 2 amide bonds. The number of hydrogen-bond acceptors (Lipinski definition) is 5. The molecule has 2 atom stereocenters. The monoisotopic (exact) mass is 327 g/mol. The van der Waals surface area contributed by atoms with Crippen LogP contribution in [0, 0.1) is 0 Å². The van der Waals surface area contributed by atoms with E-state index in [2.05, 4.69) is 15.6 Å². The molecule has 0 aliphatic carbocycles. The van der Waals surface area contributed by atoms with Crippen LogP contribution in [-0.4, -0.2) is 35.6 Å². The topological polar surface area (TPSA) is 89.5 Å². The summed E-state index contributed by atoms with van der Waals surface area (Å²) in [6.45, 7) is 1.69. The van der Waals surface area contributed by atoms with Gasteiger partial charge in [-0.25, -0.2) is 4.98 Å². The normalized spacial score (nSPS) is 16.8. The average molecular weight is 327 g/mol. The minimum absolute atomic E-state index is 0.0947. The van der Waals surface area contributed by atoms with Crippen LogP contribution in [0.4, 0.5) is 5.82 Å². The molecule has 0 fully saturated rings. The van der Waals surface area contributed by atoms with E-state index in [1.165, 1.54) is 0 Å². The summed E-state index contributed by atoms with van der Waals surface area (Å²) < 4.78 is 11.1. The number of fused-ring (bicyclic) bond motifs is 1. The summed E-state index contributed by atoms with van der Waals surface area (Å²) in [5.41, 5.74) is 0. The van der Waals surface area contributed by atoms with Crippen LogP contribution < -0.4 is 20.1 Å². The molecule has 2 aromatic rings. The Morgan fingerprint density at radius 3 is 2.67 bits per heavy atom. The molecule has 1 aliphatic heterocycles. The number of amides is 2. The Kier molecular flexibility index (Phi) is 4.60. The highest BCUT2D eigenvalue weighted by molar-refractivity contribution is 5.96. The second-order valence-corrected chi connectivity index (χ2v) is 5.30. The van der Waals surface area contributed by atoms with Crippen molar-refractivity contribution in [1.29, 1.82) is 0 Å². The lowest BCUT2D eigenvalue weighted by molar-refractivity contribution is -0.133. The van der Waals surface area contributed by atoms with E-state index in [0.717, 1.165) is 0 Å². The van der Waals surface area contributed by atoms with Crippen molar-refractivity contribution in [3.05, 3.63) is 48.7 Å². The van der Waals surface area contributed by atoms with E-state index in [4.69, 9.17) is 9.47 Å². The molecule has 1 aromatic heterocycles. The molecule has 124 valence electrons. The van der Waals surface area contributed by atoms with Crippen LogP contribution >= 0.6 is 0 Å². The summed E-state index contributed by atoms with van der Waals surface area (Å²) in [6, 6.07) is 11.6. The number of ether oxygens (including phenoxy) is 2.